The predicted octanol–water partition coefficient (Wildman–Crippen LogP) is 3.64. The molecule has 0 N–H and O–H groups in total. The smallest absolute Gasteiger partial charge is 0.286 e. The second kappa shape index (κ2) is 5.48. The average molecular weight is 312 g/mol. The van der Waals surface area contributed by atoms with E-state index >= 15 is 0 Å². The van der Waals surface area contributed by atoms with Crippen LogP contribution in [0.3, 0.4) is 0 Å². The summed E-state index contributed by atoms with van der Waals surface area (Å²) in [6.45, 7) is 0. The van der Waals surface area contributed by atoms with E-state index in [2.05, 4.69) is 4.72 Å². The minimum Gasteiger partial charge on any atom is -0.572 e. The third-order valence-corrected chi connectivity index (χ3v) is 4.00. The van der Waals surface area contributed by atoms with E-state index in [1.54, 1.807) is 0 Å². The molecule has 6 nitrogen and oxygen atoms in total. The van der Waals surface area contributed by atoms with E-state index in [4.69, 9.17) is 11.6 Å². The summed E-state index contributed by atoms with van der Waals surface area (Å²) in [4.78, 5) is 9.64. The molecule has 0 bridgehead atoms. The first-order valence-electron chi connectivity index (χ1n) is 5.37. The Hall–Kier alpha value is -2.12. The number of rotatable bonds is 4. The lowest BCUT2D eigenvalue weighted by atomic mass is 10.3. The number of nitro groups is 1. The highest BCUT2D eigenvalue weighted by atomic mass is 35.5. The van der Waals surface area contributed by atoms with Crippen LogP contribution in [0.25, 0.3) is 4.72 Å². The predicted molar refractivity (Wildman–Crippen MR) is 74.8 cm³/mol. The standard InChI is InChI=1S/C12H8ClN2O4S/c13-9-5-7-10(8-6-9)14-20(18,19)12-4-2-1-3-11(12)15(16)17/h1-8H/q-1. The lowest BCUT2D eigenvalue weighted by Gasteiger charge is -2.21. The fraction of sp³-hybridized carbons (Fsp3) is 0. The Morgan fingerprint density at radius 1 is 1.05 bits per heavy atom. The molecule has 2 rings (SSSR count). The maximum absolute atomic E-state index is 12.1. The molecule has 0 heterocycles. The lowest BCUT2D eigenvalue weighted by Crippen LogP contribution is -2.02. The maximum Gasteiger partial charge on any atom is 0.286 e. The van der Waals surface area contributed by atoms with Crippen LogP contribution in [0.1, 0.15) is 0 Å². The fourth-order valence-corrected chi connectivity index (χ4v) is 2.80. The van der Waals surface area contributed by atoms with Crippen LogP contribution in [0, 0.1) is 10.1 Å². The quantitative estimate of drug-likeness (QED) is 0.636. The van der Waals surface area contributed by atoms with Crippen molar-refractivity contribution in [1.82, 2.24) is 0 Å². The van der Waals surface area contributed by atoms with Crippen molar-refractivity contribution in [3.8, 4) is 0 Å². The highest BCUT2D eigenvalue weighted by molar-refractivity contribution is 7.94. The number of nitro benzene ring substituents is 1. The van der Waals surface area contributed by atoms with Crippen LogP contribution in [0.4, 0.5) is 11.4 Å². The molecule has 0 aliphatic carbocycles. The van der Waals surface area contributed by atoms with Gasteiger partial charge in [0, 0.05) is 11.1 Å². The van der Waals surface area contributed by atoms with Crippen LogP contribution in [0.5, 0.6) is 0 Å². The SMILES string of the molecule is O=[N+]([O-])c1ccccc1S(=O)(=O)[N-]c1ccc(Cl)cc1. The van der Waals surface area contributed by atoms with Gasteiger partial charge in [-0.15, -0.1) is 5.69 Å². The molecular formula is C12H8ClN2O4S-. The van der Waals surface area contributed by atoms with Crippen molar-refractivity contribution in [1.29, 1.82) is 0 Å². The first kappa shape index (κ1) is 14.3. The Morgan fingerprint density at radius 2 is 1.65 bits per heavy atom. The molecule has 0 aliphatic rings. The van der Waals surface area contributed by atoms with Crippen molar-refractivity contribution in [2.24, 2.45) is 0 Å². The summed E-state index contributed by atoms with van der Waals surface area (Å²) in [5, 5.41) is 11.3. The first-order valence-corrected chi connectivity index (χ1v) is 7.19. The zero-order valence-corrected chi connectivity index (χ0v) is 11.5. The topological polar surface area (TPSA) is 91.4 Å². The second-order valence-corrected chi connectivity index (χ2v) is 5.78. The molecule has 0 unspecified atom stereocenters. The lowest BCUT2D eigenvalue weighted by molar-refractivity contribution is -0.387. The van der Waals surface area contributed by atoms with Crippen LogP contribution in [0.2, 0.25) is 5.02 Å². The summed E-state index contributed by atoms with van der Waals surface area (Å²) in [7, 11) is -4.16. The number of para-hydroxylation sites is 1. The van der Waals surface area contributed by atoms with Crippen molar-refractivity contribution in [3.05, 3.63) is 68.4 Å². The van der Waals surface area contributed by atoms with Gasteiger partial charge < -0.3 is 4.72 Å². The third-order valence-electron chi connectivity index (χ3n) is 2.39. The average Bonchev–Trinajstić information content (AvgIpc) is 2.41. The summed E-state index contributed by atoms with van der Waals surface area (Å²) in [5.41, 5.74) is -0.363. The van der Waals surface area contributed by atoms with Crippen LogP contribution >= 0.6 is 11.6 Å². The molecule has 0 aromatic heterocycles. The Balaban J connectivity index is 2.41. The van der Waals surface area contributed by atoms with Gasteiger partial charge in [0.2, 0.25) is 0 Å². The monoisotopic (exact) mass is 311 g/mol. The van der Waals surface area contributed by atoms with E-state index in [-0.39, 0.29) is 5.69 Å². The van der Waals surface area contributed by atoms with E-state index in [0.29, 0.717) is 5.02 Å². The molecule has 0 atom stereocenters. The Bertz CT molecular complexity index is 744. The molecular weight excluding hydrogens is 304 g/mol. The zero-order chi connectivity index (χ0) is 14.8. The normalized spacial score (nSPS) is 11.1. The summed E-state index contributed by atoms with van der Waals surface area (Å²) in [5.74, 6) is 0. The van der Waals surface area contributed by atoms with Gasteiger partial charge in [-0.3, -0.25) is 10.1 Å². The molecule has 2 aromatic rings. The molecule has 0 aliphatic heterocycles. The van der Waals surface area contributed by atoms with Crippen LogP contribution in [0.15, 0.2) is 53.4 Å². The molecule has 104 valence electrons. The number of sulfonamides is 1. The van der Waals surface area contributed by atoms with Crippen molar-refractivity contribution in [3.63, 3.8) is 0 Å². The molecule has 20 heavy (non-hydrogen) atoms. The van der Waals surface area contributed by atoms with E-state index in [1.807, 2.05) is 0 Å². The second-order valence-electron chi connectivity index (χ2n) is 3.77. The summed E-state index contributed by atoms with van der Waals surface area (Å²) in [6, 6.07) is 10.8. The molecule has 2 aromatic carbocycles. The first-order chi connectivity index (χ1) is 9.40. The number of benzene rings is 2. The number of hydrogen-bond donors (Lipinski definition) is 0. The van der Waals surface area contributed by atoms with E-state index in [0.717, 1.165) is 12.1 Å². The maximum atomic E-state index is 12.1. The zero-order valence-electron chi connectivity index (χ0n) is 9.93. The fourth-order valence-electron chi connectivity index (χ4n) is 1.52. The molecule has 0 fully saturated rings. The van der Waals surface area contributed by atoms with Gasteiger partial charge >= 0.3 is 0 Å². The van der Waals surface area contributed by atoms with Gasteiger partial charge in [-0.2, -0.15) is 0 Å². The van der Waals surface area contributed by atoms with Gasteiger partial charge in [0.05, 0.1) is 4.92 Å². The van der Waals surface area contributed by atoms with Gasteiger partial charge in [0.25, 0.3) is 5.69 Å². The van der Waals surface area contributed by atoms with E-state index in [9.17, 15) is 18.5 Å². The Labute approximate surface area is 120 Å². The molecule has 0 radical (unpaired) electrons. The summed E-state index contributed by atoms with van der Waals surface area (Å²) < 4.78 is 27.8. The van der Waals surface area contributed by atoms with E-state index in [1.165, 1.54) is 36.4 Å². The molecule has 0 spiro atoms. The molecule has 0 amide bonds. The Kier molecular flexibility index (Phi) is 3.91. The molecule has 0 saturated heterocycles. The minimum atomic E-state index is -4.16. The van der Waals surface area contributed by atoms with Gasteiger partial charge in [0.15, 0.2) is 0 Å². The number of halogens is 1. The van der Waals surface area contributed by atoms with Crippen molar-refractivity contribution in [2.45, 2.75) is 4.90 Å². The van der Waals surface area contributed by atoms with Crippen molar-refractivity contribution in [2.75, 3.05) is 0 Å². The van der Waals surface area contributed by atoms with Crippen molar-refractivity contribution >= 4 is 33.0 Å². The highest BCUT2D eigenvalue weighted by Gasteiger charge is 2.19. The van der Waals surface area contributed by atoms with Gasteiger partial charge in [-0.25, -0.2) is 8.42 Å². The van der Waals surface area contributed by atoms with Gasteiger partial charge in [-0.1, -0.05) is 35.9 Å². The van der Waals surface area contributed by atoms with Crippen LogP contribution in [-0.2, 0) is 10.0 Å². The van der Waals surface area contributed by atoms with Gasteiger partial charge in [0.1, 0.15) is 14.9 Å². The number of nitrogens with zero attached hydrogens (tertiary/aromatic N) is 2. The van der Waals surface area contributed by atoms with E-state index < -0.39 is 25.5 Å². The van der Waals surface area contributed by atoms with Crippen molar-refractivity contribution < 1.29 is 13.3 Å². The largest absolute Gasteiger partial charge is 0.572 e. The molecule has 8 heteroatoms. The van der Waals surface area contributed by atoms with Crippen LogP contribution in [-0.4, -0.2) is 13.3 Å². The summed E-state index contributed by atoms with van der Waals surface area (Å²) >= 11 is 5.69. The minimum absolute atomic E-state index is 0.146. The highest BCUT2D eigenvalue weighted by Crippen LogP contribution is 2.32. The summed E-state index contributed by atoms with van der Waals surface area (Å²) in [6.07, 6.45) is 0. The Morgan fingerprint density at radius 3 is 2.25 bits per heavy atom. The number of hydrogen-bond acceptors (Lipinski definition) is 4. The third kappa shape index (κ3) is 3.06. The molecule has 0 saturated carbocycles. The van der Waals surface area contributed by atoms with Crippen LogP contribution < -0.4 is 0 Å². The van der Waals surface area contributed by atoms with Gasteiger partial charge in [-0.05, 0) is 18.2 Å².